The van der Waals surface area contributed by atoms with Gasteiger partial charge in [-0.15, -0.1) is 11.8 Å². The van der Waals surface area contributed by atoms with E-state index in [9.17, 15) is 9.59 Å². The van der Waals surface area contributed by atoms with Gasteiger partial charge in [-0.05, 0) is 36.8 Å². The first-order chi connectivity index (χ1) is 11.6. The van der Waals surface area contributed by atoms with Crippen LogP contribution in [0.5, 0.6) is 5.75 Å². The first kappa shape index (κ1) is 18.5. The van der Waals surface area contributed by atoms with Crippen LogP contribution in [0.2, 0.25) is 0 Å². The molecular weight excluding hydrogens is 326 g/mol. The van der Waals surface area contributed by atoms with Gasteiger partial charge in [0.2, 0.25) is 0 Å². The number of rotatable bonds is 9. The highest BCUT2D eigenvalue weighted by molar-refractivity contribution is 8.04. The van der Waals surface area contributed by atoms with Gasteiger partial charge in [0.05, 0.1) is 17.1 Å². The van der Waals surface area contributed by atoms with Gasteiger partial charge in [-0.1, -0.05) is 19.1 Å². The Kier molecular flexibility index (Phi) is 6.87. The zero-order valence-electron chi connectivity index (χ0n) is 14.3. The van der Waals surface area contributed by atoms with Crippen LogP contribution in [0.25, 0.3) is 5.57 Å². The van der Waals surface area contributed by atoms with Crippen molar-refractivity contribution < 1.29 is 19.1 Å². The highest BCUT2D eigenvalue weighted by Crippen LogP contribution is 2.36. The molecule has 2 rings (SSSR count). The van der Waals surface area contributed by atoms with Crippen molar-refractivity contribution in [3.05, 3.63) is 34.7 Å². The molecule has 24 heavy (non-hydrogen) atoms. The van der Waals surface area contributed by atoms with Crippen LogP contribution in [-0.4, -0.2) is 49.3 Å². The number of hydrogen-bond donors (Lipinski definition) is 0. The number of benzene rings is 1. The molecule has 1 aliphatic heterocycles. The molecule has 0 aliphatic carbocycles. The molecule has 0 N–H and O–H groups in total. The molecule has 0 bridgehead atoms. The lowest BCUT2D eigenvalue weighted by molar-refractivity contribution is -0.136. The van der Waals surface area contributed by atoms with Crippen LogP contribution in [0.3, 0.4) is 0 Å². The molecule has 1 heterocycles. The SMILES string of the molecule is CCOc1ccc(C2=C(SCC)C(=O)N(CCCOC)C2=O)cc1. The molecule has 0 radical (unpaired) electrons. The van der Waals surface area contributed by atoms with Gasteiger partial charge in [-0.25, -0.2) is 0 Å². The average Bonchev–Trinajstić information content (AvgIpc) is 2.81. The van der Waals surface area contributed by atoms with E-state index < -0.39 is 0 Å². The van der Waals surface area contributed by atoms with Gasteiger partial charge in [0.15, 0.2) is 0 Å². The maximum absolute atomic E-state index is 12.8. The smallest absolute Gasteiger partial charge is 0.267 e. The maximum atomic E-state index is 12.8. The number of nitrogens with zero attached hydrogens (tertiary/aromatic N) is 1. The summed E-state index contributed by atoms with van der Waals surface area (Å²) >= 11 is 1.42. The first-order valence-corrected chi connectivity index (χ1v) is 9.08. The Hall–Kier alpha value is -1.79. The molecule has 0 fully saturated rings. The third-order valence-electron chi connectivity index (χ3n) is 3.60. The quantitative estimate of drug-likeness (QED) is 0.507. The number of carbonyl (C=O) groups is 2. The zero-order chi connectivity index (χ0) is 17.5. The molecular formula is C18H23NO4S. The predicted octanol–water partition coefficient (Wildman–Crippen LogP) is 2.95. The Labute approximate surface area is 147 Å². The fourth-order valence-corrected chi connectivity index (χ4v) is 3.41. The lowest BCUT2D eigenvalue weighted by Gasteiger charge is -2.14. The van der Waals surface area contributed by atoms with Crippen LogP contribution in [0.1, 0.15) is 25.8 Å². The number of imide groups is 1. The molecule has 1 aromatic rings. The third-order valence-corrected chi connectivity index (χ3v) is 4.55. The molecule has 5 nitrogen and oxygen atoms in total. The lowest BCUT2D eigenvalue weighted by atomic mass is 10.1. The summed E-state index contributed by atoms with van der Waals surface area (Å²) in [5.41, 5.74) is 1.24. The van der Waals surface area contributed by atoms with Crippen molar-refractivity contribution in [2.75, 3.05) is 32.6 Å². The second kappa shape index (κ2) is 8.89. The van der Waals surface area contributed by atoms with Crippen LogP contribution in [-0.2, 0) is 14.3 Å². The van der Waals surface area contributed by atoms with Crippen molar-refractivity contribution in [3.63, 3.8) is 0 Å². The lowest BCUT2D eigenvalue weighted by Crippen LogP contribution is -2.33. The molecule has 0 atom stereocenters. The fraction of sp³-hybridized carbons (Fsp3) is 0.444. The first-order valence-electron chi connectivity index (χ1n) is 8.09. The van der Waals surface area contributed by atoms with Crippen molar-refractivity contribution in [2.45, 2.75) is 20.3 Å². The van der Waals surface area contributed by atoms with E-state index in [1.807, 2.05) is 38.1 Å². The highest BCUT2D eigenvalue weighted by atomic mass is 32.2. The minimum Gasteiger partial charge on any atom is -0.494 e. The van der Waals surface area contributed by atoms with Gasteiger partial charge < -0.3 is 9.47 Å². The minimum atomic E-state index is -0.226. The Morgan fingerprint density at radius 2 is 1.79 bits per heavy atom. The topological polar surface area (TPSA) is 55.8 Å². The summed E-state index contributed by atoms with van der Waals surface area (Å²) in [6.45, 7) is 5.37. The summed E-state index contributed by atoms with van der Waals surface area (Å²) in [6.07, 6.45) is 0.634. The number of ether oxygens (including phenoxy) is 2. The van der Waals surface area contributed by atoms with Crippen molar-refractivity contribution in [3.8, 4) is 5.75 Å². The summed E-state index contributed by atoms with van der Waals surface area (Å²) in [6, 6.07) is 7.32. The second-order valence-corrected chi connectivity index (χ2v) is 6.48. The maximum Gasteiger partial charge on any atom is 0.267 e. The zero-order valence-corrected chi connectivity index (χ0v) is 15.1. The van der Waals surface area contributed by atoms with E-state index in [0.717, 1.165) is 17.1 Å². The number of amides is 2. The summed E-state index contributed by atoms with van der Waals surface area (Å²) in [5.74, 6) is 1.06. The molecule has 0 spiro atoms. The van der Waals surface area contributed by atoms with E-state index in [2.05, 4.69) is 0 Å². The minimum absolute atomic E-state index is 0.202. The molecule has 130 valence electrons. The summed E-state index contributed by atoms with van der Waals surface area (Å²) in [5, 5.41) is 0. The van der Waals surface area contributed by atoms with E-state index in [4.69, 9.17) is 9.47 Å². The molecule has 0 saturated heterocycles. The van der Waals surface area contributed by atoms with Crippen molar-refractivity contribution in [1.82, 2.24) is 4.90 Å². The Bertz CT molecular complexity index is 624. The van der Waals surface area contributed by atoms with Gasteiger partial charge >= 0.3 is 0 Å². The van der Waals surface area contributed by atoms with E-state index in [1.165, 1.54) is 16.7 Å². The summed E-state index contributed by atoms with van der Waals surface area (Å²) < 4.78 is 10.4. The van der Waals surface area contributed by atoms with E-state index in [0.29, 0.717) is 36.7 Å². The molecule has 1 aromatic carbocycles. The molecule has 0 saturated carbocycles. The monoisotopic (exact) mass is 349 g/mol. The molecule has 0 unspecified atom stereocenters. The van der Waals surface area contributed by atoms with Crippen molar-refractivity contribution in [1.29, 1.82) is 0 Å². The Morgan fingerprint density at radius 3 is 2.38 bits per heavy atom. The summed E-state index contributed by atoms with van der Waals surface area (Å²) in [7, 11) is 1.61. The van der Waals surface area contributed by atoms with Crippen molar-refractivity contribution in [2.24, 2.45) is 0 Å². The van der Waals surface area contributed by atoms with Gasteiger partial charge in [0.25, 0.3) is 11.8 Å². The van der Waals surface area contributed by atoms with Gasteiger partial charge in [-0.3, -0.25) is 14.5 Å². The normalized spacial score (nSPS) is 14.7. The number of carbonyl (C=O) groups excluding carboxylic acids is 2. The van der Waals surface area contributed by atoms with Crippen LogP contribution >= 0.6 is 11.8 Å². The molecule has 1 aliphatic rings. The largest absolute Gasteiger partial charge is 0.494 e. The van der Waals surface area contributed by atoms with Crippen LogP contribution in [0.15, 0.2) is 29.2 Å². The Morgan fingerprint density at radius 1 is 1.08 bits per heavy atom. The van der Waals surface area contributed by atoms with E-state index >= 15 is 0 Å². The fourth-order valence-electron chi connectivity index (χ4n) is 2.54. The van der Waals surface area contributed by atoms with Gasteiger partial charge in [0.1, 0.15) is 5.75 Å². The van der Waals surface area contributed by atoms with Crippen molar-refractivity contribution >= 4 is 29.1 Å². The Balaban J connectivity index is 2.29. The second-order valence-electron chi connectivity index (χ2n) is 5.20. The number of thioether (sulfide) groups is 1. The van der Waals surface area contributed by atoms with E-state index in [-0.39, 0.29) is 11.8 Å². The molecule has 6 heteroatoms. The third kappa shape index (κ3) is 3.99. The molecule has 2 amide bonds. The molecule has 0 aromatic heterocycles. The average molecular weight is 349 g/mol. The van der Waals surface area contributed by atoms with Gasteiger partial charge in [-0.2, -0.15) is 0 Å². The van der Waals surface area contributed by atoms with E-state index in [1.54, 1.807) is 7.11 Å². The number of methoxy groups -OCH3 is 1. The summed E-state index contributed by atoms with van der Waals surface area (Å²) in [4.78, 5) is 27.2. The van der Waals surface area contributed by atoms with Crippen LogP contribution in [0, 0.1) is 0 Å². The van der Waals surface area contributed by atoms with Crippen LogP contribution in [0.4, 0.5) is 0 Å². The highest BCUT2D eigenvalue weighted by Gasteiger charge is 2.38. The predicted molar refractivity (Wildman–Crippen MR) is 95.9 cm³/mol. The van der Waals surface area contributed by atoms with Crippen LogP contribution < -0.4 is 4.74 Å². The standard InChI is InChI=1S/C18H23NO4S/c1-4-23-14-9-7-13(8-10-14)15-16(24-5-2)18(21)19(17(15)20)11-6-12-22-3/h7-10H,4-6,11-12H2,1-3H3. The number of hydrogen-bond acceptors (Lipinski definition) is 5. The van der Waals surface area contributed by atoms with Gasteiger partial charge in [0, 0.05) is 20.3 Å².